The molecule has 0 saturated heterocycles. The summed E-state index contributed by atoms with van der Waals surface area (Å²) in [4.78, 5) is 24.4. The molecule has 1 unspecified atom stereocenters. The van der Waals surface area contributed by atoms with Gasteiger partial charge in [0.1, 0.15) is 6.04 Å². The second kappa shape index (κ2) is 11.8. The van der Waals surface area contributed by atoms with Crippen LogP contribution in [0.2, 0.25) is 0 Å². The van der Waals surface area contributed by atoms with Gasteiger partial charge in [-0.2, -0.15) is 24.9 Å². The zero-order chi connectivity index (χ0) is 22.0. The summed E-state index contributed by atoms with van der Waals surface area (Å²) in [5.74, 6) is 0.422. The quantitative estimate of drug-likeness (QED) is 0.395. The summed E-state index contributed by atoms with van der Waals surface area (Å²) in [5.41, 5.74) is -2.98. The molecule has 0 aliphatic carbocycles. The third kappa shape index (κ3) is 9.00. The van der Waals surface area contributed by atoms with Crippen molar-refractivity contribution in [3.63, 3.8) is 0 Å². The highest BCUT2D eigenvalue weighted by Crippen LogP contribution is 2.37. The summed E-state index contributed by atoms with van der Waals surface area (Å²) in [5, 5.41) is 5.07. The van der Waals surface area contributed by atoms with E-state index in [1.807, 2.05) is 30.3 Å². The van der Waals surface area contributed by atoms with Gasteiger partial charge in [0.05, 0.1) is 6.61 Å². The van der Waals surface area contributed by atoms with Gasteiger partial charge < -0.3 is 15.4 Å². The van der Waals surface area contributed by atoms with Crippen molar-refractivity contribution in [1.29, 1.82) is 0 Å². The number of carbonyl (C=O) groups excluding carboxylic acids is 2. The fourth-order valence-corrected chi connectivity index (χ4v) is 3.89. The van der Waals surface area contributed by atoms with Crippen LogP contribution in [0.15, 0.2) is 59.5 Å². The lowest BCUT2D eigenvalue weighted by Gasteiger charge is -2.17. The first-order valence-corrected chi connectivity index (χ1v) is 11.0. The number of ether oxygens (including phenoxy) is 1. The van der Waals surface area contributed by atoms with E-state index in [1.165, 1.54) is 36.0 Å². The van der Waals surface area contributed by atoms with Crippen molar-refractivity contribution >= 4 is 41.2 Å². The summed E-state index contributed by atoms with van der Waals surface area (Å²) < 4.78 is 42.2. The molecule has 10 heteroatoms. The largest absolute Gasteiger partial charge is 0.464 e. The molecule has 0 aromatic heterocycles. The number of benzene rings is 2. The molecule has 2 aromatic carbocycles. The van der Waals surface area contributed by atoms with Gasteiger partial charge in [-0.3, -0.25) is 0 Å². The number of hydrogen-bond donors (Lipinski definition) is 2. The smallest absolute Gasteiger partial charge is 0.446 e. The predicted molar refractivity (Wildman–Crippen MR) is 114 cm³/mol. The highest BCUT2D eigenvalue weighted by molar-refractivity contribution is 8.00. The number of nitrogens with one attached hydrogen (secondary N) is 2. The first kappa shape index (κ1) is 23.9. The Bertz CT molecular complexity index is 818. The minimum Gasteiger partial charge on any atom is -0.464 e. The van der Waals surface area contributed by atoms with Crippen molar-refractivity contribution in [3.8, 4) is 0 Å². The van der Waals surface area contributed by atoms with Gasteiger partial charge in [0.25, 0.3) is 0 Å². The van der Waals surface area contributed by atoms with Gasteiger partial charge >= 0.3 is 17.5 Å². The van der Waals surface area contributed by atoms with Gasteiger partial charge in [0.2, 0.25) is 0 Å². The van der Waals surface area contributed by atoms with Gasteiger partial charge in [-0.1, -0.05) is 30.3 Å². The number of urea groups is 1. The monoisotopic (exact) mass is 458 g/mol. The number of rotatable bonds is 9. The van der Waals surface area contributed by atoms with Crippen LogP contribution < -0.4 is 10.6 Å². The summed E-state index contributed by atoms with van der Waals surface area (Å²) in [6.45, 7) is 1.85. The van der Waals surface area contributed by atoms with E-state index < -0.39 is 23.6 Å². The van der Waals surface area contributed by atoms with Crippen LogP contribution >= 0.6 is 23.5 Å². The van der Waals surface area contributed by atoms with Crippen molar-refractivity contribution < 1.29 is 27.5 Å². The Kier molecular flexibility index (Phi) is 9.38. The second-order valence-corrected chi connectivity index (χ2v) is 8.14. The number of carbonyl (C=O) groups is 2. The van der Waals surface area contributed by atoms with Gasteiger partial charge in [-0.05, 0) is 48.5 Å². The molecule has 0 aliphatic rings. The van der Waals surface area contributed by atoms with E-state index in [4.69, 9.17) is 4.74 Å². The van der Waals surface area contributed by atoms with Crippen LogP contribution in [0.5, 0.6) is 0 Å². The molecular weight excluding hydrogens is 437 g/mol. The topological polar surface area (TPSA) is 67.4 Å². The Morgan fingerprint density at radius 3 is 2.33 bits per heavy atom. The Hall–Kier alpha value is -2.33. The molecule has 2 N–H and O–H groups in total. The highest BCUT2D eigenvalue weighted by atomic mass is 32.2. The minimum atomic E-state index is -4.38. The molecule has 2 aromatic rings. The lowest BCUT2D eigenvalue weighted by atomic mass is 10.2. The Morgan fingerprint density at radius 2 is 1.73 bits per heavy atom. The molecule has 0 bridgehead atoms. The molecule has 0 aliphatic heterocycles. The maximum atomic E-state index is 12.4. The molecule has 0 radical (unpaired) electrons. The van der Waals surface area contributed by atoms with Gasteiger partial charge in [-0.25, -0.2) is 9.59 Å². The Morgan fingerprint density at radius 1 is 1.07 bits per heavy atom. The number of esters is 1. The molecule has 2 rings (SSSR count). The van der Waals surface area contributed by atoms with E-state index in [2.05, 4.69) is 10.6 Å². The second-order valence-electron chi connectivity index (χ2n) is 5.98. The van der Waals surface area contributed by atoms with Crippen molar-refractivity contribution in [2.45, 2.75) is 29.1 Å². The fourth-order valence-electron chi connectivity index (χ4n) is 2.35. The SMILES string of the molecule is CCOC(=O)C(CSCc1ccccc1)NC(=O)Nc1ccc(SC(F)(F)F)cc1. The van der Waals surface area contributed by atoms with Crippen LogP contribution in [-0.4, -0.2) is 35.9 Å². The van der Waals surface area contributed by atoms with Crippen LogP contribution in [0.3, 0.4) is 0 Å². The fraction of sp³-hybridized carbons (Fsp3) is 0.300. The van der Waals surface area contributed by atoms with E-state index in [9.17, 15) is 22.8 Å². The van der Waals surface area contributed by atoms with Crippen molar-refractivity contribution in [3.05, 3.63) is 60.2 Å². The van der Waals surface area contributed by atoms with E-state index in [-0.39, 0.29) is 23.3 Å². The van der Waals surface area contributed by atoms with Crippen molar-refractivity contribution in [1.82, 2.24) is 5.32 Å². The average molecular weight is 459 g/mol. The highest BCUT2D eigenvalue weighted by Gasteiger charge is 2.29. The van der Waals surface area contributed by atoms with Crippen molar-refractivity contribution in [2.75, 3.05) is 17.7 Å². The maximum Gasteiger partial charge on any atom is 0.446 e. The van der Waals surface area contributed by atoms with Crippen LogP contribution in [0.1, 0.15) is 12.5 Å². The van der Waals surface area contributed by atoms with E-state index in [1.54, 1.807) is 6.92 Å². The first-order valence-electron chi connectivity index (χ1n) is 8.98. The number of hydrogen-bond acceptors (Lipinski definition) is 5. The van der Waals surface area contributed by atoms with E-state index >= 15 is 0 Å². The van der Waals surface area contributed by atoms with Gasteiger partial charge in [0.15, 0.2) is 0 Å². The van der Waals surface area contributed by atoms with Crippen LogP contribution in [0.25, 0.3) is 0 Å². The molecular formula is C20H21F3N2O3S2. The Labute approximate surface area is 181 Å². The van der Waals surface area contributed by atoms with Crippen molar-refractivity contribution in [2.24, 2.45) is 0 Å². The lowest BCUT2D eigenvalue weighted by Crippen LogP contribution is -2.45. The van der Waals surface area contributed by atoms with E-state index in [0.717, 1.165) is 5.56 Å². The average Bonchev–Trinajstić information content (AvgIpc) is 2.68. The van der Waals surface area contributed by atoms with Gasteiger partial charge in [-0.15, -0.1) is 0 Å². The third-order valence-corrected chi connectivity index (χ3v) is 5.46. The Balaban J connectivity index is 1.90. The summed E-state index contributed by atoms with van der Waals surface area (Å²) in [7, 11) is 0. The van der Waals surface area contributed by atoms with Gasteiger partial charge in [0, 0.05) is 22.1 Å². The first-order chi connectivity index (χ1) is 14.3. The zero-order valence-electron chi connectivity index (χ0n) is 16.1. The number of anilines is 1. The molecule has 0 spiro atoms. The predicted octanol–water partition coefficient (Wildman–Crippen LogP) is 5.29. The zero-order valence-corrected chi connectivity index (χ0v) is 17.7. The molecule has 2 amide bonds. The van der Waals surface area contributed by atoms with E-state index in [0.29, 0.717) is 17.2 Å². The molecule has 0 saturated carbocycles. The molecule has 0 heterocycles. The molecule has 30 heavy (non-hydrogen) atoms. The lowest BCUT2D eigenvalue weighted by molar-refractivity contribution is -0.144. The molecule has 5 nitrogen and oxygen atoms in total. The summed E-state index contributed by atoms with van der Waals surface area (Å²) >= 11 is 1.23. The number of amides is 2. The molecule has 0 fully saturated rings. The standard InChI is InChI=1S/C20H21F3N2O3S2/c1-2-28-18(26)17(13-29-12-14-6-4-3-5-7-14)25-19(27)24-15-8-10-16(11-9-15)30-20(21,22)23/h3-11,17H,2,12-13H2,1H3,(H2,24,25,27). The number of thioether (sulfide) groups is 2. The molecule has 162 valence electrons. The van der Waals surface area contributed by atoms with Crippen LogP contribution in [0, 0.1) is 0 Å². The third-order valence-electron chi connectivity index (χ3n) is 3.62. The van der Waals surface area contributed by atoms with Crippen LogP contribution in [-0.2, 0) is 15.3 Å². The summed E-state index contributed by atoms with van der Waals surface area (Å²) in [6, 6.07) is 13.4. The minimum absolute atomic E-state index is 0.00942. The van der Waals surface area contributed by atoms with Crippen LogP contribution in [0.4, 0.5) is 23.7 Å². The summed E-state index contributed by atoms with van der Waals surface area (Å²) in [6.07, 6.45) is 0. The normalized spacial score (nSPS) is 12.1. The number of alkyl halides is 3. The molecule has 1 atom stereocenters. The maximum absolute atomic E-state index is 12.4. The number of halogens is 3.